The van der Waals surface area contributed by atoms with Crippen LogP contribution in [0.5, 0.6) is 0 Å². The van der Waals surface area contributed by atoms with Crippen LogP contribution in [0.2, 0.25) is 0 Å². The fourth-order valence-electron chi connectivity index (χ4n) is 1.85. The van der Waals surface area contributed by atoms with E-state index in [1.807, 2.05) is 13.8 Å². The number of nitrogens with two attached hydrogens (primary N) is 1. The summed E-state index contributed by atoms with van der Waals surface area (Å²) >= 11 is 4.95. The van der Waals surface area contributed by atoms with Gasteiger partial charge in [-0.1, -0.05) is 12.2 Å². The molecule has 0 unspecified atom stereocenters. The summed E-state index contributed by atoms with van der Waals surface area (Å²) in [6.07, 6.45) is 0. The zero-order chi connectivity index (χ0) is 15.3. The Labute approximate surface area is 123 Å². The highest BCUT2D eigenvalue weighted by atomic mass is 32.1. The maximum atomic E-state index is 13.3. The number of nitrogens with zero attached hydrogens (tertiary/aromatic N) is 1. The van der Waals surface area contributed by atoms with E-state index in [2.05, 4.69) is 0 Å². The molecule has 1 aromatic carbocycles. The first-order valence-corrected chi connectivity index (χ1v) is 6.79. The molecule has 0 aliphatic carbocycles. The van der Waals surface area contributed by atoms with Crippen molar-refractivity contribution in [2.24, 2.45) is 5.73 Å². The first-order valence-electron chi connectivity index (χ1n) is 6.38. The van der Waals surface area contributed by atoms with Gasteiger partial charge in [0.05, 0.1) is 6.61 Å². The number of thiocarbonyl (C=S) groups is 1. The molecule has 1 rings (SSSR count). The van der Waals surface area contributed by atoms with Crippen molar-refractivity contribution in [3.05, 3.63) is 29.6 Å². The molecule has 4 nitrogen and oxygen atoms in total. The Balaban J connectivity index is 3.15. The third-order valence-electron chi connectivity index (χ3n) is 2.76. The Hall–Kier alpha value is -1.69. The van der Waals surface area contributed by atoms with Crippen LogP contribution in [0.25, 0.3) is 0 Å². The molecule has 0 radical (unpaired) electrons. The smallest absolute Gasteiger partial charge is 0.325 e. The van der Waals surface area contributed by atoms with Gasteiger partial charge in [0, 0.05) is 17.3 Å². The molecule has 20 heavy (non-hydrogen) atoms. The van der Waals surface area contributed by atoms with Crippen LogP contribution in [0.15, 0.2) is 18.2 Å². The van der Waals surface area contributed by atoms with Crippen LogP contribution in [-0.4, -0.2) is 30.2 Å². The summed E-state index contributed by atoms with van der Waals surface area (Å²) in [6.45, 7) is 5.97. The number of benzene rings is 1. The lowest BCUT2D eigenvalue weighted by atomic mass is 10.1. The number of halogens is 1. The zero-order valence-electron chi connectivity index (χ0n) is 11.9. The monoisotopic (exact) mass is 298 g/mol. The SMILES string of the molecule is CCOC(=O)CN(c1ccc(F)cc1C(N)=S)C(C)C. The van der Waals surface area contributed by atoms with E-state index in [-0.39, 0.29) is 23.5 Å². The molecule has 2 N–H and O–H groups in total. The minimum atomic E-state index is -0.420. The van der Waals surface area contributed by atoms with Crippen molar-refractivity contribution in [1.82, 2.24) is 0 Å². The van der Waals surface area contributed by atoms with Gasteiger partial charge < -0.3 is 15.4 Å². The molecule has 0 amide bonds. The number of hydrogen-bond donors (Lipinski definition) is 1. The van der Waals surface area contributed by atoms with Crippen LogP contribution in [0.4, 0.5) is 10.1 Å². The molecular formula is C14H19FN2O2S. The van der Waals surface area contributed by atoms with Crippen LogP contribution in [0.1, 0.15) is 26.3 Å². The lowest BCUT2D eigenvalue weighted by molar-refractivity contribution is -0.141. The van der Waals surface area contributed by atoms with Crippen LogP contribution in [0, 0.1) is 5.82 Å². The molecule has 0 bridgehead atoms. The number of carbonyl (C=O) groups is 1. The van der Waals surface area contributed by atoms with Crippen molar-refractivity contribution in [1.29, 1.82) is 0 Å². The summed E-state index contributed by atoms with van der Waals surface area (Å²) in [7, 11) is 0. The van der Waals surface area contributed by atoms with Crippen molar-refractivity contribution >= 4 is 28.9 Å². The van der Waals surface area contributed by atoms with Gasteiger partial charge in [0.15, 0.2) is 0 Å². The molecule has 0 aliphatic rings. The highest BCUT2D eigenvalue weighted by molar-refractivity contribution is 7.80. The maximum absolute atomic E-state index is 13.3. The van der Waals surface area contributed by atoms with Gasteiger partial charge >= 0.3 is 5.97 Å². The van der Waals surface area contributed by atoms with Crippen molar-refractivity contribution in [3.8, 4) is 0 Å². The van der Waals surface area contributed by atoms with E-state index in [0.717, 1.165) is 0 Å². The average Bonchev–Trinajstić information content (AvgIpc) is 2.36. The highest BCUT2D eigenvalue weighted by Gasteiger charge is 2.19. The van der Waals surface area contributed by atoms with Crippen LogP contribution in [-0.2, 0) is 9.53 Å². The van der Waals surface area contributed by atoms with Crippen LogP contribution in [0.3, 0.4) is 0 Å². The summed E-state index contributed by atoms with van der Waals surface area (Å²) in [6, 6.07) is 4.18. The summed E-state index contributed by atoms with van der Waals surface area (Å²) < 4.78 is 18.3. The van der Waals surface area contributed by atoms with Crippen molar-refractivity contribution < 1.29 is 13.9 Å². The maximum Gasteiger partial charge on any atom is 0.325 e. The molecule has 0 spiro atoms. The number of rotatable bonds is 6. The predicted molar refractivity (Wildman–Crippen MR) is 81.4 cm³/mol. The molecule has 0 aromatic heterocycles. The van der Waals surface area contributed by atoms with Gasteiger partial charge in [-0.25, -0.2) is 4.39 Å². The second-order valence-electron chi connectivity index (χ2n) is 4.55. The van der Waals surface area contributed by atoms with E-state index >= 15 is 0 Å². The topological polar surface area (TPSA) is 55.6 Å². The minimum Gasteiger partial charge on any atom is -0.465 e. The Bertz CT molecular complexity index is 506. The molecular weight excluding hydrogens is 279 g/mol. The number of anilines is 1. The zero-order valence-corrected chi connectivity index (χ0v) is 12.7. The van der Waals surface area contributed by atoms with Gasteiger partial charge in [-0.3, -0.25) is 4.79 Å². The lowest BCUT2D eigenvalue weighted by Gasteiger charge is -2.29. The molecule has 110 valence electrons. The van der Waals surface area contributed by atoms with E-state index in [1.165, 1.54) is 12.1 Å². The fraction of sp³-hybridized carbons (Fsp3) is 0.429. The number of carbonyl (C=O) groups excluding carboxylic acids is 1. The summed E-state index contributed by atoms with van der Waals surface area (Å²) in [5.41, 5.74) is 6.67. The highest BCUT2D eigenvalue weighted by Crippen LogP contribution is 2.23. The Morgan fingerprint density at radius 2 is 2.15 bits per heavy atom. The summed E-state index contributed by atoms with van der Waals surface area (Å²) in [5.74, 6) is -0.768. The molecule has 0 aliphatic heterocycles. The second-order valence-corrected chi connectivity index (χ2v) is 4.99. The summed E-state index contributed by atoms with van der Waals surface area (Å²) in [5, 5.41) is 0. The largest absolute Gasteiger partial charge is 0.465 e. The molecule has 0 saturated heterocycles. The second kappa shape index (κ2) is 7.19. The normalized spacial score (nSPS) is 10.4. The molecule has 6 heteroatoms. The standard InChI is InChI=1S/C14H19FN2O2S/c1-4-19-13(18)8-17(9(2)3)12-6-5-10(15)7-11(12)14(16)20/h5-7,9H,4,8H2,1-3H3,(H2,16,20). The first-order chi connectivity index (χ1) is 9.36. The van der Waals surface area contributed by atoms with E-state index in [4.69, 9.17) is 22.7 Å². The van der Waals surface area contributed by atoms with Gasteiger partial charge in [-0.2, -0.15) is 0 Å². The summed E-state index contributed by atoms with van der Waals surface area (Å²) in [4.78, 5) is 13.6. The number of esters is 1. The quantitative estimate of drug-likeness (QED) is 0.645. The van der Waals surface area contributed by atoms with E-state index < -0.39 is 5.82 Å². The molecule has 0 atom stereocenters. The van der Waals surface area contributed by atoms with E-state index in [9.17, 15) is 9.18 Å². The van der Waals surface area contributed by atoms with Gasteiger partial charge in [0.2, 0.25) is 0 Å². The molecule has 0 heterocycles. The fourth-order valence-corrected chi connectivity index (χ4v) is 2.01. The molecule has 0 fully saturated rings. The molecule has 0 saturated carbocycles. The third-order valence-corrected chi connectivity index (χ3v) is 2.98. The van der Waals surface area contributed by atoms with Gasteiger partial charge in [0.25, 0.3) is 0 Å². The van der Waals surface area contributed by atoms with Gasteiger partial charge in [-0.05, 0) is 39.0 Å². The third kappa shape index (κ3) is 4.16. The van der Waals surface area contributed by atoms with Crippen LogP contribution >= 0.6 is 12.2 Å². The van der Waals surface area contributed by atoms with Gasteiger partial charge in [-0.15, -0.1) is 0 Å². The minimum absolute atomic E-state index is 0.0120. The Morgan fingerprint density at radius 1 is 1.50 bits per heavy atom. The first kappa shape index (κ1) is 16.4. The Kier molecular flexibility index (Phi) is 5.88. The predicted octanol–water partition coefficient (Wildman–Crippen LogP) is 2.24. The Morgan fingerprint density at radius 3 is 2.65 bits per heavy atom. The van der Waals surface area contributed by atoms with Crippen molar-refractivity contribution in [2.75, 3.05) is 18.1 Å². The molecule has 1 aromatic rings. The average molecular weight is 298 g/mol. The number of hydrogen-bond acceptors (Lipinski definition) is 4. The van der Waals surface area contributed by atoms with E-state index in [1.54, 1.807) is 17.9 Å². The lowest BCUT2D eigenvalue weighted by Crippen LogP contribution is -2.38. The van der Waals surface area contributed by atoms with Crippen LogP contribution < -0.4 is 10.6 Å². The van der Waals surface area contributed by atoms with Gasteiger partial charge in [0.1, 0.15) is 17.4 Å². The van der Waals surface area contributed by atoms with E-state index in [0.29, 0.717) is 17.9 Å². The van der Waals surface area contributed by atoms with Crippen molar-refractivity contribution in [3.63, 3.8) is 0 Å². The number of ether oxygens (including phenoxy) is 1. The van der Waals surface area contributed by atoms with Crippen molar-refractivity contribution in [2.45, 2.75) is 26.8 Å².